The third-order valence-corrected chi connectivity index (χ3v) is 5.38. The number of hydrogen-bond acceptors (Lipinski definition) is 2. The van der Waals surface area contributed by atoms with Gasteiger partial charge in [0, 0.05) is 13.0 Å². The van der Waals surface area contributed by atoms with Gasteiger partial charge in [-0.1, -0.05) is 116 Å². The van der Waals surface area contributed by atoms with Crippen LogP contribution in [0, 0.1) is 5.92 Å². The van der Waals surface area contributed by atoms with Crippen molar-refractivity contribution in [1.82, 2.24) is 0 Å². The lowest BCUT2D eigenvalue weighted by Gasteiger charge is -2.08. The summed E-state index contributed by atoms with van der Waals surface area (Å²) in [7, 11) is 0. The molecule has 0 bridgehead atoms. The zero-order valence-corrected chi connectivity index (χ0v) is 17.5. The Morgan fingerprint density at radius 3 is 1.23 bits per heavy atom. The van der Waals surface area contributed by atoms with Crippen LogP contribution in [-0.4, -0.2) is 22.8 Å². The monoisotopic (exact) mass is 370 g/mol. The predicted octanol–water partition coefficient (Wildman–Crippen LogP) is 7.11. The van der Waals surface area contributed by atoms with E-state index < -0.39 is 5.97 Å². The molecule has 0 aliphatic carbocycles. The SMILES string of the molecule is CC(CCCCCCCCCCCCCCCCCCCO)CC(=O)O. The molecule has 0 aromatic heterocycles. The highest BCUT2D eigenvalue weighted by atomic mass is 16.4. The third kappa shape index (κ3) is 21.5. The quantitative estimate of drug-likeness (QED) is 0.212. The van der Waals surface area contributed by atoms with Gasteiger partial charge in [0.05, 0.1) is 0 Å². The third-order valence-electron chi connectivity index (χ3n) is 5.38. The number of carbonyl (C=O) groups is 1. The number of carboxylic acids is 1. The lowest BCUT2D eigenvalue weighted by Crippen LogP contribution is -2.03. The maximum Gasteiger partial charge on any atom is 0.303 e. The minimum Gasteiger partial charge on any atom is -0.481 e. The molecule has 156 valence electrons. The fraction of sp³-hybridized carbons (Fsp3) is 0.957. The molecule has 0 heterocycles. The summed E-state index contributed by atoms with van der Waals surface area (Å²) >= 11 is 0. The molecular weight excluding hydrogens is 324 g/mol. The van der Waals surface area contributed by atoms with Gasteiger partial charge in [-0.05, 0) is 12.3 Å². The van der Waals surface area contributed by atoms with Crippen molar-refractivity contribution in [1.29, 1.82) is 0 Å². The van der Waals surface area contributed by atoms with Crippen LogP contribution in [0.4, 0.5) is 0 Å². The minimum atomic E-state index is -0.660. The van der Waals surface area contributed by atoms with Crippen molar-refractivity contribution in [3.8, 4) is 0 Å². The molecule has 0 amide bonds. The van der Waals surface area contributed by atoms with Gasteiger partial charge in [0.1, 0.15) is 0 Å². The number of aliphatic hydroxyl groups is 1. The molecule has 0 aliphatic rings. The van der Waals surface area contributed by atoms with E-state index in [0.717, 1.165) is 12.8 Å². The second kappa shape index (κ2) is 20.7. The van der Waals surface area contributed by atoms with Gasteiger partial charge in [-0.25, -0.2) is 0 Å². The first kappa shape index (κ1) is 25.4. The molecular formula is C23H46O3. The highest BCUT2D eigenvalue weighted by Crippen LogP contribution is 2.16. The lowest BCUT2D eigenvalue weighted by molar-refractivity contribution is -0.138. The van der Waals surface area contributed by atoms with E-state index in [1.807, 2.05) is 6.92 Å². The van der Waals surface area contributed by atoms with Crippen molar-refractivity contribution < 1.29 is 15.0 Å². The molecule has 26 heavy (non-hydrogen) atoms. The highest BCUT2D eigenvalue weighted by molar-refractivity contribution is 5.66. The number of unbranched alkanes of at least 4 members (excludes halogenated alkanes) is 16. The highest BCUT2D eigenvalue weighted by Gasteiger charge is 2.06. The molecule has 3 heteroatoms. The first-order valence-electron chi connectivity index (χ1n) is 11.5. The summed E-state index contributed by atoms with van der Waals surface area (Å²) in [5.74, 6) is -0.328. The van der Waals surface area contributed by atoms with Crippen LogP contribution in [0.1, 0.15) is 129 Å². The minimum absolute atomic E-state index is 0.324. The van der Waals surface area contributed by atoms with Crippen molar-refractivity contribution in [2.24, 2.45) is 5.92 Å². The van der Waals surface area contributed by atoms with Crippen molar-refractivity contribution >= 4 is 5.97 Å². The van der Waals surface area contributed by atoms with E-state index >= 15 is 0 Å². The number of rotatable bonds is 21. The molecule has 2 N–H and O–H groups in total. The first-order valence-corrected chi connectivity index (χ1v) is 11.5. The van der Waals surface area contributed by atoms with Crippen molar-refractivity contribution in [3.63, 3.8) is 0 Å². The molecule has 1 atom stereocenters. The Balaban J connectivity index is 3.06. The molecule has 0 fully saturated rings. The Kier molecular flexibility index (Phi) is 20.3. The van der Waals surface area contributed by atoms with E-state index in [0.29, 0.717) is 18.9 Å². The fourth-order valence-electron chi connectivity index (χ4n) is 3.66. The van der Waals surface area contributed by atoms with Gasteiger partial charge in [0.25, 0.3) is 0 Å². The molecule has 0 saturated carbocycles. The second-order valence-corrected chi connectivity index (χ2v) is 8.23. The zero-order valence-electron chi connectivity index (χ0n) is 17.5. The molecule has 0 aromatic carbocycles. The van der Waals surface area contributed by atoms with Crippen LogP contribution in [0.3, 0.4) is 0 Å². The largest absolute Gasteiger partial charge is 0.481 e. The van der Waals surface area contributed by atoms with Crippen molar-refractivity contribution in [2.75, 3.05) is 6.61 Å². The smallest absolute Gasteiger partial charge is 0.303 e. The number of hydrogen-bond donors (Lipinski definition) is 2. The molecule has 0 aromatic rings. The van der Waals surface area contributed by atoms with Gasteiger partial charge in [0.2, 0.25) is 0 Å². The molecule has 0 spiro atoms. The van der Waals surface area contributed by atoms with Gasteiger partial charge in [-0.2, -0.15) is 0 Å². The van der Waals surface area contributed by atoms with Crippen LogP contribution in [0.15, 0.2) is 0 Å². The summed E-state index contributed by atoms with van der Waals surface area (Å²) in [6.07, 6.45) is 23.9. The summed E-state index contributed by atoms with van der Waals surface area (Å²) in [6.45, 7) is 2.40. The second-order valence-electron chi connectivity index (χ2n) is 8.23. The average Bonchev–Trinajstić information content (AvgIpc) is 2.60. The van der Waals surface area contributed by atoms with E-state index in [4.69, 9.17) is 10.2 Å². The van der Waals surface area contributed by atoms with E-state index in [1.165, 1.54) is 103 Å². The zero-order chi connectivity index (χ0) is 19.3. The number of aliphatic hydroxyl groups excluding tert-OH is 1. The molecule has 0 rings (SSSR count). The predicted molar refractivity (Wildman–Crippen MR) is 112 cm³/mol. The Labute approximate surface area is 163 Å². The fourth-order valence-corrected chi connectivity index (χ4v) is 3.66. The summed E-state index contributed by atoms with van der Waals surface area (Å²) in [5.41, 5.74) is 0. The molecule has 0 radical (unpaired) electrons. The van der Waals surface area contributed by atoms with Crippen LogP contribution in [0.25, 0.3) is 0 Å². The Morgan fingerprint density at radius 1 is 0.615 bits per heavy atom. The first-order chi connectivity index (χ1) is 12.7. The maximum absolute atomic E-state index is 10.6. The summed E-state index contributed by atoms with van der Waals surface area (Å²) < 4.78 is 0. The van der Waals surface area contributed by atoms with Crippen LogP contribution < -0.4 is 0 Å². The van der Waals surface area contributed by atoms with Gasteiger partial charge < -0.3 is 10.2 Å². The molecule has 3 nitrogen and oxygen atoms in total. The average molecular weight is 371 g/mol. The summed E-state index contributed by atoms with van der Waals surface area (Å²) in [6, 6.07) is 0. The van der Waals surface area contributed by atoms with E-state index in [-0.39, 0.29) is 0 Å². The Bertz CT molecular complexity index is 291. The van der Waals surface area contributed by atoms with Crippen molar-refractivity contribution in [3.05, 3.63) is 0 Å². The van der Waals surface area contributed by atoms with Gasteiger partial charge in [-0.15, -0.1) is 0 Å². The van der Waals surface area contributed by atoms with E-state index in [9.17, 15) is 4.79 Å². The maximum atomic E-state index is 10.6. The standard InChI is InChI=1S/C23H46O3/c1-22(21-23(25)26)19-17-15-13-11-9-7-5-3-2-4-6-8-10-12-14-16-18-20-24/h22,24H,2-21H2,1H3,(H,25,26). The molecule has 1 unspecified atom stereocenters. The summed E-state index contributed by atoms with van der Waals surface area (Å²) in [4.78, 5) is 10.6. The van der Waals surface area contributed by atoms with Crippen LogP contribution in [0.2, 0.25) is 0 Å². The van der Waals surface area contributed by atoms with E-state index in [2.05, 4.69) is 0 Å². The van der Waals surface area contributed by atoms with Gasteiger partial charge >= 0.3 is 5.97 Å². The Morgan fingerprint density at radius 2 is 0.923 bits per heavy atom. The normalized spacial score (nSPS) is 12.4. The topological polar surface area (TPSA) is 57.5 Å². The molecule has 0 saturated heterocycles. The summed E-state index contributed by atoms with van der Waals surface area (Å²) in [5, 5.41) is 17.4. The van der Waals surface area contributed by atoms with Crippen LogP contribution in [-0.2, 0) is 4.79 Å². The Hall–Kier alpha value is -0.570. The number of aliphatic carboxylic acids is 1. The van der Waals surface area contributed by atoms with Crippen LogP contribution >= 0.6 is 0 Å². The van der Waals surface area contributed by atoms with Gasteiger partial charge in [0.15, 0.2) is 0 Å². The number of carboxylic acid groups (broad SMARTS) is 1. The molecule has 0 aliphatic heterocycles. The van der Waals surface area contributed by atoms with Crippen molar-refractivity contribution in [2.45, 2.75) is 129 Å². The van der Waals surface area contributed by atoms with Gasteiger partial charge in [-0.3, -0.25) is 4.79 Å². The lowest BCUT2D eigenvalue weighted by atomic mass is 9.99. The van der Waals surface area contributed by atoms with E-state index in [1.54, 1.807) is 0 Å². The van der Waals surface area contributed by atoms with Crippen LogP contribution in [0.5, 0.6) is 0 Å².